The molecule has 1 aliphatic rings. The van der Waals surface area contributed by atoms with Crippen molar-refractivity contribution in [1.82, 2.24) is 0 Å². The van der Waals surface area contributed by atoms with Crippen LogP contribution >= 0.6 is 0 Å². The first kappa shape index (κ1) is 18.0. The van der Waals surface area contributed by atoms with E-state index in [9.17, 15) is 8.42 Å². The highest BCUT2D eigenvalue weighted by atomic mass is 32.2. The number of unbranched alkanes of at least 4 members (excludes halogenated alkanes) is 4. The zero-order valence-electron chi connectivity index (χ0n) is 13.8. The second kappa shape index (κ2) is 8.41. The number of rotatable bonds is 8. The Balaban J connectivity index is 2.00. The Kier molecular flexibility index (Phi) is 7.57. The van der Waals surface area contributed by atoms with Crippen molar-refractivity contribution in [2.45, 2.75) is 96.1 Å². The first-order valence-corrected chi connectivity index (χ1v) is 10.2. The lowest BCUT2D eigenvalue weighted by atomic mass is 9.85. The Morgan fingerprint density at radius 3 is 2.00 bits per heavy atom. The minimum Gasteiger partial charge on any atom is -0.228 e. The van der Waals surface area contributed by atoms with Crippen molar-refractivity contribution in [3.63, 3.8) is 0 Å². The van der Waals surface area contributed by atoms with Crippen LogP contribution in [0, 0.1) is 5.92 Å². The molecule has 0 aliphatic heterocycles. The SMILES string of the molecule is CC(C)(C)S(=O)(=O)CCCCCCCC1CCCCC1. The fourth-order valence-electron chi connectivity index (χ4n) is 3.04. The van der Waals surface area contributed by atoms with Crippen LogP contribution in [0.3, 0.4) is 0 Å². The third-order valence-electron chi connectivity index (χ3n) is 4.68. The lowest BCUT2D eigenvalue weighted by molar-refractivity contribution is 0.328. The van der Waals surface area contributed by atoms with Crippen molar-refractivity contribution < 1.29 is 8.42 Å². The molecule has 1 rings (SSSR count). The average Bonchev–Trinajstić information content (AvgIpc) is 2.37. The van der Waals surface area contributed by atoms with Gasteiger partial charge in [-0.25, -0.2) is 8.42 Å². The van der Waals surface area contributed by atoms with Crippen molar-refractivity contribution in [2.75, 3.05) is 5.75 Å². The van der Waals surface area contributed by atoms with Gasteiger partial charge in [0.05, 0.1) is 10.5 Å². The van der Waals surface area contributed by atoms with E-state index >= 15 is 0 Å². The van der Waals surface area contributed by atoms with Crippen LogP contribution in [0.15, 0.2) is 0 Å². The minimum atomic E-state index is -2.91. The molecule has 0 saturated heterocycles. The van der Waals surface area contributed by atoms with Crippen molar-refractivity contribution >= 4 is 9.84 Å². The Morgan fingerprint density at radius 2 is 1.40 bits per heavy atom. The molecule has 3 heteroatoms. The van der Waals surface area contributed by atoms with Gasteiger partial charge in [-0.15, -0.1) is 0 Å². The van der Waals surface area contributed by atoms with E-state index in [4.69, 9.17) is 0 Å². The molecule has 0 N–H and O–H groups in total. The Labute approximate surface area is 126 Å². The predicted molar refractivity (Wildman–Crippen MR) is 87.8 cm³/mol. The summed E-state index contributed by atoms with van der Waals surface area (Å²) in [5.74, 6) is 1.35. The van der Waals surface area contributed by atoms with E-state index in [0.29, 0.717) is 5.75 Å². The fourth-order valence-corrected chi connectivity index (χ4v) is 4.23. The maximum Gasteiger partial charge on any atom is 0.155 e. The van der Waals surface area contributed by atoms with E-state index in [-0.39, 0.29) is 0 Å². The third-order valence-corrected chi connectivity index (χ3v) is 7.38. The van der Waals surface area contributed by atoms with Gasteiger partial charge in [0.25, 0.3) is 0 Å². The van der Waals surface area contributed by atoms with E-state index in [1.54, 1.807) is 20.8 Å². The lowest BCUT2D eigenvalue weighted by Gasteiger charge is -2.21. The zero-order chi connectivity index (χ0) is 15.1. The molecule has 0 bridgehead atoms. The van der Waals surface area contributed by atoms with Crippen LogP contribution in [0.5, 0.6) is 0 Å². The summed E-state index contributed by atoms with van der Waals surface area (Å²) in [6, 6.07) is 0. The van der Waals surface area contributed by atoms with E-state index in [2.05, 4.69) is 0 Å². The average molecular weight is 303 g/mol. The number of sulfone groups is 1. The highest BCUT2D eigenvalue weighted by molar-refractivity contribution is 7.92. The summed E-state index contributed by atoms with van der Waals surface area (Å²) < 4.78 is 23.3. The van der Waals surface area contributed by atoms with Crippen LogP contribution in [0.25, 0.3) is 0 Å². The van der Waals surface area contributed by atoms with Crippen molar-refractivity contribution in [3.8, 4) is 0 Å². The maximum absolute atomic E-state index is 11.9. The van der Waals surface area contributed by atoms with Gasteiger partial charge < -0.3 is 0 Å². The van der Waals surface area contributed by atoms with Gasteiger partial charge in [0.1, 0.15) is 0 Å². The van der Waals surface area contributed by atoms with Gasteiger partial charge in [0.2, 0.25) is 0 Å². The predicted octanol–water partition coefficient (Wildman–Crippen LogP) is 5.12. The second-order valence-corrected chi connectivity index (χ2v) is 10.4. The summed E-state index contributed by atoms with van der Waals surface area (Å²) in [6.07, 6.45) is 14.4. The summed E-state index contributed by atoms with van der Waals surface area (Å²) in [5.41, 5.74) is 0. The molecule has 0 unspecified atom stereocenters. The molecule has 0 atom stereocenters. The van der Waals surface area contributed by atoms with Crippen molar-refractivity contribution in [1.29, 1.82) is 0 Å². The topological polar surface area (TPSA) is 34.1 Å². The monoisotopic (exact) mass is 302 g/mol. The third kappa shape index (κ3) is 6.60. The molecule has 1 fully saturated rings. The molecule has 0 aromatic rings. The van der Waals surface area contributed by atoms with Crippen LogP contribution in [-0.2, 0) is 9.84 Å². The standard InChI is InChI=1S/C17H34O2S/c1-17(2,3)20(18,19)15-11-6-4-5-8-12-16-13-9-7-10-14-16/h16H,4-15H2,1-3H3. The van der Waals surface area contributed by atoms with Gasteiger partial charge in [-0.1, -0.05) is 64.2 Å². The highest BCUT2D eigenvalue weighted by Crippen LogP contribution is 2.28. The van der Waals surface area contributed by atoms with Crippen molar-refractivity contribution in [2.24, 2.45) is 5.92 Å². The van der Waals surface area contributed by atoms with E-state index in [1.807, 2.05) is 0 Å². The molecule has 0 amide bonds. The number of hydrogen-bond acceptors (Lipinski definition) is 2. The Hall–Kier alpha value is -0.0500. The maximum atomic E-state index is 11.9. The largest absolute Gasteiger partial charge is 0.228 e. The first-order valence-electron chi connectivity index (χ1n) is 8.55. The number of hydrogen-bond donors (Lipinski definition) is 0. The van der Waals surface area contributed by atoms with Gasteiger partial charge in [-0.2, -0.15) is 0 Å². The molecule has 20 heavy (non-hydrogen) atoms. The summed E-state index contributed by atoms with van der Waals surface area (Å²) in [7, 11) is -2.91. The molecule has 0 radical (unpaired) electrons. The molecule has 2 nitrogen and oxygen atoms in total. The van der Waals surface area contributed by atoms with Gasteiger partial charge in [-0.3, -0.25) is 0 Å². The molecular formula is C17H34O2S. The minimum absolute atomic E-state index is 0.360. The second-order valence-electron chi connectivity index (χ2n) is 7.49. The summed E-state index contributed by atoms with van der Waals surface area (Å²) in [6.45, 7) is 5.39. The van der Waals surface area contributed by atoms with Gasteiger partial charge in [-0.05, 0) is 33.1 Å². The van der Waals surface area contributed by atoms with Crippen LogP contribution < -0.4 is 0 Å². The van der Waals surface area contributed by atoms with Crippen LogP contribution in [0.2, 0.25) is 0 Å². The zero-order valence-corrected chi connectivity index (χ0v) is 14.6. The van der Waals surface area contributed by atoms with Gasteiger partial charge in [0.15, 0.2) is 9.84 Å². The molecule has 0 aromatic heterocycles. The van der Waals surface area contributed by atoms with Crippen LogP contribution in [0.4, 0.5) is 0 Å². The van der Waals surface area contributed by atoms with E-state index in [0.717, 1.165) is 18.8 Å². The quantitative estimate of drug-likeness (QED) is 0.583. The molecule has 0 aromatic carbocycles. The highest BCUT2D eigenvalue weighted by Gasteiger charge is 2.27. The molecule has 0 spiro atoms. The summed E-state index contributed by atoms with van der Waals surface area (Å²) in [5, 5.41) is 0. The normalized spacial score (nSPS) is 18.4. The molecular weight excluding hydrogens is 268 g/mol. The van der Waals surface area contributed by atoms with Crippen LogP contribution in [-0.4, -0.2) is 18.9 Å². The fraction of sp³-hybridized carbons (Fsp3) is 1.00. The Morgan fingerprint density at radius 1 is 0.850 bits per heavy atom. The van der Waals surface area contributed by atoms with Gasteiger partial charge in [0, 0.05) is 0 Å². The van der Waals surface area contributed by atoms with E-state index < -0.39 is 14.6 Å². The van der Waals surface area contributed by atoms with Crippen molar-refractivity contribution in [3.05, 3.63) is 0 Å². The molecule has 1 saturated carbocycles. The molecule has 120 valence electrons. The smallest absolute Gasteiger partial charge is 0.155 e. The first-order chi connectivity index (χ1) is 9.33. The Bertz CT molecular complexity index is 346. The summed E-state index contributed by atoms with van der Waals surface area (Å²) in [4.78, 5) is 0. The van der Waals surface area contributed by atoms with E-state index in [1.165, 1.54) is 57.8 Å². The lowest BCUT2D eigenvalue weighted by Crippen LogP contribution is -2.30. The molecule has 0 heterocycles. The summed E-state index contributed by atoms with van der Waals surface area (Å²) >= 11 is 0. The van der Waals surface area contributed by atoms with Crippen LogP contribution in [0.1, 0.15) is 91.4 Å². The van der Waals surface area contributed by atoms with Gasteiger partial charge >= 0.3 is 0 Å². The molecule has 1 aliphatic carbocycles.